The van der Waals surface area contributed by atoms with Crippen molar-refractivity contribution in [2.45, 2.75) is 57.3 Å². The molecule has 0 radical (unpaired) electrons. The van der Waals surface area contributed by atoms with Crippen LogP contribution in [0.4, 0.5) is 13.2 Å². The van der Waals surface area contributed by atoms with E-state index in [-0.39, 0.29) is 25.1 Å². The Morgan fingerprint density at radius 1 is 1.12 bits per heavy atom. The number of halogens is 3. The molecule has 0 N–H and O–H groups in total. The van der Waals surface area contributed by atoms with Crippen molar-refractivity contribution in [2.24, 2.45) is 0 Å². The Morgan fingerprint density at radius 2 is 1.91 bits per heavy atom. The number of aromatic nitrogens is 2. The van der Waals surface area contributed by atoms with Crippen LogP contribution in [-0.2, 0) is 25.6 Å². The summed E-state index contributed by atoms with van der Waals surface area (Å²) >= 11 is 0. The number of benzene rings is 1. The van der Waals surface area contributed by atoms with Gasteiger partial charge in [0.1, 0.15) is 18.1 Å². The molecule has 1 atom stereocenters. The van der Waals surface area contributed by atoms with Gasteiger partial charge in [0.15, 0.2) is 5.69 Å². The number of hydrogen-bond acceptors (Lipinski definition) is 4. The molecule has 1 fully saturated rings. The lowest BCUT2D eigenvalue weighted by Gasteiger charge is -2.23. The maximum atomic E-state index is 13.4. The van der Waals surface area contributed by atoms with Crippen LogP contribution in [0.3, 0.4) is 0 Å². The average Bonchev–Trinajstić information content (AvgIpc) is 3.58. The maximum absolute atomic E-state index is 13.4. The highest BCUT2D eigenvalue weighted by molar-refractivity contribution is 5.94. The van der Waals surface area contributed by atoms with Crippen molar-refractivity contribution in [1.82, 2.24) is 14.7 Å². The van der Waals surface area contributed by atoms with Gasteiger partial charge in [0.2, 0.25) is 0 Å². The lowest BCUT2D eigenvalue weighted by molar-refractivity contribution is -0.142. The van der Waals surface area contributed by atoms with Crippen LogP contribution in [0, 0.1) is 0 Å². The van der Waals surface area contributed by atoms with Gasteiger partial charge in [-0.25, -0.2) is 0 Å². The Balaban J connectivity index is 1.21. The molecule has 3 aromatic rings. The zero-order valence-corrected chi connectivity index (χ0v) is 18.7. The molecule has 1 aliphatic carbocycles. The number of carbonyl (C=O) groups is 1. The second kappa shape index (κ2) is 9.19. The third kappa shape index (κ3) is 4.43. The first-order chi connectivity index (χ1) is 16.4. The summed E-state index contributed by atoms with van der Waals surface area (Å²) in [6, 6.07) is 10.5. The van der Waals surface area contributed by atoms with E-state index in [1.54, 1.807) is 30.5 Å². The van der Waals surface area contributed by atoms with Gasteiger partial charge in [-0.05, 0) is 74.9 Å². The van der Waals surface area contributed by atoms with E-state index in [2.05, 4.69) is 5.10 Å². The predicted molar refractivity (Wildman–Crippen MR) is 118 cm³/mol. The molecule has 1 aromatic carbocycles. The minimum absolute atomic E-state index is 0.0555. The minimum Gasteiger partial charge on any atom is -0.492 e. The van der Waals surface area contributed by atoms with Crippen LogP contribution in [0.2, 0.25) is 0 Å². The van der Waals surface area contributed by atoms with Crippen molar-refractivity contribution in [3.63, 3.8) is 0 Å². The molecule has 1 saturated heterocycles. The van der Waals surface area contributed by atoms with E-state index in [1.807, 2.05) is 17.0 Å². The molecule has 1 amide bonds. The highest BCUT2D eigenvalue weighted by Crippen LogP contribution is 2.36. The number of alkyl halides is 3. The van der Waals surface area contributed by atoms with E-state index in [0.717, 1.165) is 31.4 Å². The Hall–Kier alpha value is -3.23. The van der Waals surface area contributed by atoms with Gasteiger partial charge in [-0.15, -0.1) is 0 Å². The molecule has 0 spiro atoms. The topological polar surface area (TPSA) is 60.5 Å². The Labute approximate surface area is 195 Å². The van der Waals surface area contributed by atoms with Gasteiger partial charge >= 0.3 is 6.18 Å². The van der Waals surface area contributed by atoms with Gasteiger partial charge in [0.05, 0.1) is 18.8 Å². The van der Waals surface area contributed by atoms with Crippen LogP contribution in [0.25, 0.3) is 0 Å². The number of nitrogens with zero attached hydrogens (tertiary/aromatic N) is 3. The number of ether oxygens (including phenoxy) is 1. The normalized spacial score (nSPS) is 18.2. The molecule has 180 valence electrons. The van der Waals surface area contributed by atoms with Crippen LogP contribution in [-0.4, -0.2) is 33.7 Å². The van der Waals surface area contributed by atoms with Crippen molar-refractivity contribution in [3.05, 3.63) is 70.9 Å². The summed E-state index contributed by atoms with van der Waals surface area (Å²) in [7, 11) is 0. The third-order valence-electron chi connectivity index (χ3n) is 6.58. The van der Waals surface area contributed by atoms with Crippen molar-refractivity contribution >= 4 is 5.91 Å². The smallest absolute Gasteiger partial charge is 0.435 e. The summed E-state index contributed by atoms with van der Waals surface area (Å²) in [5.74, 6) is 1.28. The molecular weight excluding hydrogens is 447 g/mol. The fraction of sp³-hybridized carbons (Fsp3) is 0.440. The van der Waals surface area contributed by atoms with Crippen LogP contribution < -0.4 is 4.74 Å². The van der Waals surface area contributed by atoms with Crippen molar-refractivity contribution in [3.8, 4) is 5.75 Å². The van der Waals surface area contributed by atoms with Crippen LogP contribution in [0.15, 0.2) is 47.1 Å². The van der Waals surface area contributed by atoms with E-state index in [9.17, 15) is 18.0 Å². The molecule has 0 bridgehead atoms. The predicted octanol–water partition coefficient (Wildman–Crippen LogP) is 5.43. The van der Waals surface area contributed by atoms with E-state index in [0.29, 0.717) is 42.0 Å². The standard InChI is InChI=1S/C25H26F3N3O3/c26-25(27,28)23-19-5-1-2-6-20(19)31(29-23)14-16-33-18-11-9-17(10-12-18)24(32)30-13-3-7-21(30)22-8-4-15-34-22/h4,8-12,15,21H,1-3,5-7,13-14,16H2. The number of furan rings is 1. The number of likely N-dealkylation sites (tertiary alicyclic amines) is 1. The first-order valence-electron chi connectivity index (χ1n) is 11.6. The van der Waals surface area contributed by atoms with Crippen molar-refractivity contribution in [1.29, 1.82) is 0 Å². The van der Waals surface area contributed by atoms with Crippen LogP contribution in [0.5, 0.6) is 5.75 Å². The molecule has 6 nitrogen and oxygen atoms in total. The molecule has 5 rings (SSSR count). The molecule has 0 saturated carbocycles. The number of hydrogen-bond donors (Lipinski definition) is 0. The summed E-state index contributed by atoms with van der Waals surface area (Å²) < 4.78 is 52.8. The highest BCUT2D eigenvalue weighted by atomic mass is 19.4. The Bertz CT molecular complexity index is 1140. The van der Waals surface area contributed by atoms with E-state index in [4.69, 9.17) is 9.15 Å². The van der Waals surface area contributed by atoms with E-state index in [1.165, 1.54) is 4.68 Å². The summed E-state index contributed by atoms with van der Waals surface area (Å²) in [5, 5.41) is 3.86. The quantitative estimate of drug-likeness (QED) is 0.479. The van der Waals surface area contributed by atoms with E-state index < -0.39 is 11.9 Å². The molecular formula is C25H26F3N3O3. The number of carbonyl (C=O) groups excluding carboxylic acids is 1. The van der Waals surface area contributed by atoms with Gasteiger partial charge in [-0.3, -0.25) is 9.48 Å². The number of rotatable bonds is 6. The largest absolute Gasteiger partial charge is 0.492 e. The average molecular weight is 473 g/mol. The second-order valence-electron chi connectivity index (χ2n) is 8.75. The number of fused-ring (bicyclic) bond motifs is 1. The molecule has 9 heteroatoms. The molecule has 1 unspecified atom stereocenters. The number of amides is 1. The highest BCUT2D eigenvalue weighted by Gasteiger charge is 2.39. The second-order valence-corrected chi connectivity index (χ2v) is 8.75. The van der Waals surface area contributed by atoms with Crippen LogP contribution >= 0.6 is 0 Å². The van der Waals surface area contributed by atoms with Gasteiger partial charge in [0.25, 0.3) is 5.91 Å². The molecule has 2 aliphatic rings. The zero-order valence-electron chi connectivity index (χ0n) is 18.7. The SMILES string of the molecule is O=C(c1ccc(OCCn2nc(C(F)(F)F)c3c2CCCC3)cc1)N1CCCC1c1ccco1. The molecule has 1 aliphatic heterocycles. The Kier molecular flexibility index (Phi) is 6.10. The fourth-order valence-corrected chi connectivity index (χ4v) is 4.98. The lowest BCUT2D eigenvalue weighted by atomic mass is 9.95. The van der Waals surface area contributed by atoms with Gasteiger partial charge < -0.3 is 14.1 Å². The van der Waals surface area contributed by atoms with Gasteiger partial charge in [0, 0.05) is 23.4 Å². The minimum atomic E-state index is -4.44. The fourth-order valence-electron chi connectivity index (χ4n) is 4.98. The monoisotopic (exact) mass is 473 g/mol. The van der Waals surface area contributed by atoms with Gasteiger partial charge in [-0.1, -0.05) is 0 Å². The van der Waals surface area contributed by atoms with Crippen molar-refractivity contribution in [2.75, 3.05) is 13.2 Å². The summed E-state index contributed by atoms with van der Waals surface area (Å²) in [6.45, 7) is 1.10. The Morgan fingerprint density at radius 3 is 2.65 bits per heavy atom. The third-order valence-corrected chi connectivity index (χ3v) is 6.58. The zero-order chi connectivity index (χ0) is 23.7. The maximum Gasteiger partial charge on any atom is 0.435 e. The van der Waals surface area contributed by atoms with E-state index >= 15 is 0 Å². The summed E-state index contributed by atoms with van der Waals surface area (Å²) in [6.07, 6.45) is 1.60. The van der Waals surface area contributed by atoms with Gasteiger partial charge in [-0.2, -0.15) is 18.3 Å². The first kappa shape index (κ1) is 22.6. The van der Waals surface area contributed by atoms with Crippen molar-refractivity contribution < 1.29 is 27.1 Å². The molecule has 3 heterocycles. The molecule has 2 aromatic heterocycles. The summed E-state index contributed by atoms with van der Waals surface area (Å²) in [5.41, 5.74) is 0.790. The first-order valence-corrected chi connectivity index (χ1v) is 11.6. The lowest BCUT2D eigenvalue weighted by Crippen LogP contribution is -2.30. The molecule has 34 heavy (non-hydrogen) atoms. The van der Waals surface area contributed by atoms with Crippen LogP contribution in [0.1, 0.15) is 64.8 Å². The summed E-state index contributed by atoms with van der Waals surface area (Å²) in [4.78, 5) is 14.8.